The zero-order chi connectivity index (χ0) is 18.4. The molecule has 0 bridgehead atoms. The van der Waals surface area contributed by atoms with E-state index in [-0.39, 0.29) is 17.5 Å². The summed E-state index contributed by atoms with van der Waals surface area (Å²) in [6, 6.07) is 6.93. The van der Waals surface area contributed by atoms with E-state index in [1.807, 2.05) is 20.8 Å². The van der Waals surface area contributed by atoms with Crippen LogP contribution in [0.4, 0.5) is 10.5 Å². The summed E-state index contributed by atoms with van der Waals surface area (Å²) in [6.07, 6.45) is 0.844. The molecule has 7 heteroatoms. The number of halogens is 1. The van der Waals surface area contributed by atoms with Gasteiger partial charge in [-0.25, -0.2) is 4.79 Å². The molecule has 1 aromatic carbocycles. The number of carbonyl (C=O) groups excluding carboxylic acids is 2. The van der Waals surface area contributed by atoms with Gasteiger partial charge in [-0.1, -0.05) is 11.6 Å². The highest BCUT2D eigenvalue weighted by Crippen LogP contribution is 2.14. The second-order valence-electron chi connectivity index (χ2n) is 7.35. The van der Waals surface area contributed by atoms with Crippen LogP contribution in [0.2, 0.25) is 5.02 Å². The number of anilines is 1. The van der Waals surface area contributed by atoms with E-state index in [4.69, 9.17) is 11.6 Å². The lowest BCUT2D eigenvalue weighted by Crippen LogP contribution is -2.46. The Bertz CT molecular complexity index is 598. The number of hydrogen-bond donors (Lipinski definition) is 2. The highest BCUT2D eigenvalue weighted by Gasteiger charge is 2.22. The van der Waals surface area contributed by atoms with Gasteiger partial charge < -0.3 is 15.5 Å². The highest BCUT2D eigenvalue weighted by molar-refractivity contribution is 6.30. The first kappa shape index (κ1) is 19.5. The van der Waals surface area contributed by atoms with Gasteiger partial charge in [0, 0.05) is 42.4 Å². The van der Waals surface area contributed by atoms with Crippen LogP contribution < -0.4 is 10.6 Å². The van der Waals surface area contributed by atoms with E-state index in [2.05, 4.69) is 15.5 Å². The average molecular weight is 367 g/mol. The molecule has 1 aliphatic heterocycles. The largest absolute Gasteiger partial charge is 0.350 e. The first-order chi connectivity index (χ1) is 11.7. The van der Waals surface area contributed by atoms with E-state index in [1.165, 1.54) is 0 Å². The molecule has 0 unspecified atom stereocenters. The van der Waals surface area contributed by atoms with E-state index in [0.29, 0.717) is 31.2 Å². The molecule has 1 heterocycles. The lowest BCUT2D eigenvalue weighted by molar-refractivity contribution is -0.123. The maximum absolute atomic E-state index is 12.4. The van der Waals surface area contributed by atoms with Crippen LogP contribution in [0.3, 0.4) is 0 Å². The molecule has 0 saturated carbocycles. The summed E-state index contributed by atoms with van der Waals surface area (Å²) in [5.74, 6) is 0.0200. The first-order valence-electron chi connectivity index (χ1n) is 8.58. The fraction of sp³-hybridized carbons (Fsp3) is 0.556. The number of benzene rings is 1. The fourth-order valence-corrected chi connectivity index (χ4v) is 2.85. The molecule has 138 valence electrons. The number of carbonyl (C=O) groups is 2. The Kier molecular flexibility index (Phi) is 6.67. The molecule has 0 aliphatic carbocycles. The molecule has 2 N–H and O–H groups in total. The average Bonchev–Trinajstić information content (AvgIpc) is 2.73. The standard InChI is InChI=1S/C18H27ClN4O2/c1-18(2,3)21-16(24)13-22-9-4-10-23(12-11-22)17(25)20-15-7-5-14(19)6-8-15/h5-8H,4,9-13H2,1-3H3,(H,20,25)(H,21,24). The Labute approximate surface area is 154 Å². The van der Waals surface area contributed by atoms with E-state index in [9.17, 15) is 9.59 Å². The van der Waals surface area contributed by atoms with Crippen molar-refractivity contribution in [1.29, 1.82) is 0 Å². The number of amides is 3. The van der Waals surface area contributed by atoms with Crippen LogP contribution in [0.1, 0.15) is 27.2 Å². The Morgan fingerprint density at radius 2 is 1.76 bits per heavy atom. The smallest absolute Gasteiger partial charge is 0.321 e. The topological polar surface area (TPSA) is 64.7 Å². The number of nitrogens with one attached hydrogen (secondary N) is 2. The van der Waals surface area contributed by atoms with Gasteiger partial charge in [-0.05, 0) is 51.5 Å². The van der Waals surface area contributed by atoms with Gasteiger partial charge >= 0.3 is 6.03 Å². The third-order valence-electron chi connectivity index (χ3n) is 3.85. The monoisotopic (exact) mass is 366 g/mol. The van der Waals surface area contributed by atoms with E-state index in [1.54, 1.807) is 29.2 Å². The van der Waals surface area contributed by atoms with Crippen molar-refractivity contribution in [2.45, 2.75) is 32.7 Å². The van der Waals surface area contributed by atoms with Gasteiger partial charge in [-0.3, -0.25) is 9.69 Å². The van der Waals surface area contributed by atoms with Crippen molar-refractivity contribution in [3.8, 4) is 0 Å². The van der Waals surface area contributed by atoms with Crippen LogP contribution in [0.25, 0.3) is 0 Å². The minimum atomic E-state index is -0.229. The molecule has 1 aliphatic rings. The van der Waals surface area contributed by atoms with Crippen LogP contribution in [0, 0.1) is 0 Å². The van der Waals surface area contributed by atoms with Crippen LogP contribution in [0.5, 0.6) is 0 Å². The van der Waals surface area contributed by atoms with Crippen molar-refractivity contribution in [3.63, 3.8) is 0 Å². The normalized spacial score (nSPS) is 16.2. The summed E-state index contributed by atoms with van der Waals surface area (Å²) in [5, 5.41) is 6.49. The van der Waals surface area contributed by atoms with Crippen molar-refractivity contribution in [3.05, 3.63) is 29.3 Å². The third-order valence-corrected chi connectivity index (χ3v) is 4.10. The summed E-state index contributed by atoms with van der Waals surface area (Å²) < 4.78 is 0. The summed E-state index contributed by atoms with van der Waals surface area (Å²) in [5.41, 5.74) is 0.494. The molecule has 1 saturated heterocycles. The Morgan fingerprint density at radius 1 is 1.08 bits per heavy atom. The molecule has 0 aromatic heterocycles. The van der Waals surface area contributed by atoms with Crippen LogP contribution in [-0.2, 0) is 4.79 Å². The predicted molar refractivity (Wildman–Crippen MR) is 101 cm³/mol. The van der Waals surface area contributed by atoms with Gasteiger partial charge in [0.1, 0.15) is 0 Å². The fourth-order valence-electron chi connectivity index (χ4n) is 2.73. The maximum atomic E-state index is 12.4. The molecule has 6 nitrogen and oxygen atoms in total. The van der Waals surface area contributed by atoms with Gasteiger partial charge in [-0.2, -0.15) is 0 Å². The van der Waals surface area contributed by atoms with Crippen molar-refractivity contribution < 1.29 is 9.59 Å². The second kappa shape index (κ2) is 8.54. The summed E-state index contributed by atoms with van der Waals surface area (Å²) in [6.45, 7) is 9.04. The van der Waals surface area contributed by atoms with Crippen molar-refractivity contribution in [2.24, 2.45) is 0 Å². The molecule has 2 rings (SSSR count). The van der Waals surface area contributed by atoms with Crippen molar-refractivity contribution in [1.82, 2.24) is 15.1 Å². The van der Waals surface area contributed by atoms with Crippen LogP contribution in [-0.4, -0.2) is 60.0 Å². The molecule has 25 heavy (non-hydrogen) atoms. The van der Waals surface area contributed by atoms with Gasteiger partial charge in [0.05, 0.1) is 6.54 Å². The van der Waals surface area contributed by atoms with Crippen molar-refractivity contribution >= 4 is 29.2 Å². The first-order valence-corrected chi connectivity index (χ1v) is 8.95. The van der Waals surface area contributed by atoms with Gasteiger partial charge in [-0.15, -0.1) is 0 Å². The Balaban J connectivity index is 1.83. The maximum Gasteiger partial charge on any atom is 0.321 e. The number of nitrogens with zero attached hydrogens (tertiary/aromatic N) is 2. The molecular weight excluding hydrogens is 340 g/mol. The number of rotatable bonds is 3. The molecule has 0 radical (unpaired) electrons. The number of urea groups is 1. The van der Waals surface area contributed by atoms with Gasteiger partial charge in [0.2, 0.25) is 5.91 Å². The lowest BCUT2D eigenvalue weighted by atomic mass is 10.1. The minimum Gasteiger partial charge on any atom is -0.350 e. The van der Waals surface area contributed by atoms with Gasteiger partial charge in [0.15, 0.2) is 0 Å². The zero-order valence-electron chi connectivity index (χ0n) is 15.1. The Morgan fingerprint density at radius 3 is 2.40 bits per heavy atom. The zero-order valence-corrected chi connectivity index (χ0v) is 15.9. The number of hydrogen-bond acceptors (Lipinski definition) is 3. The third kappa shape index (κ3) is 6.92. The molecular formula is C18H27ClN4O2. The molecule has 3 amide bonds. The predicted octanol–water partition coefficient (Wildman–Crippen LogP) is 2.79. The summed E-state index contributed by atoms with van der Waals surface area (Å²) in [7, 11) is 0. The molecule has 1 fully saturated rings. The van der Waals surface area contributed by atoms with Gasteiger partial charge in [0.25, 0.3) is 0 Å². The molecule has 0 spiro atoms. The minimum absolute atomic E-state index is 0.0200. The highest BCUT2D eigenvalue weighted by atomic mass is 35.5. The van der Waals surface area contributed by atoms with Crippen molar-refractivity contribution in [2.75, 3.05) is 38.0 Å². The lowest BCUT2D eigenvalue weighted by Gasteiger charge is -2.25. The van der Waals surface area contributed by atoms with E-state index >= 15 is 0 Å². The quantitative estimate of drug-likeness (QED) is 0.864. The molecule has 0 atom stereocenters. The summed E-state index contributed by atoms with van der Waals surface area (Å²) >= 11 is 5.85. The van der Waals surface area contributed by atoms with E-state index in [0.717, 1.165) is 18.7 Å². The SMILES string of the molecule is CC(C)(C)NC(=O)CN1CCCN(C(=O)Nc2ccc(Cl)cc2)CC1. The molecule has 1 aromatic rings. The van der Waals surface area contributed by atoms with Crippen LogP contribution >= 0.6 is 11.6 Å². The van der Waals surface area contributed by atoms with E-state index < -0.39 is 0 Å². The van der Waals surface area contributed by atoms with Crippen LogP contribution in [0.15, 0.2) is 24.3 Å². The second-order valence-corrected chi connectivity index (χ2v) is 7.79. The summed E-state index contributed by atoms with van der Waals surface area (Å²) in [4.78, 5) is 28.4. The Hall–Kier alpha value is -1.79.